The van der Waals surface area contributed by atoms with Crippen LogP contribution in [0.2, 0.25) is 5.02 Å². The number of nitrogens with zero attached hydrogens (tertiary/aromatic N) is 1. The molecule has 1 aliphatic rings. The molecule has 0 saturated carbocycles. The molecule has 0 spiro atoms. The lowest BCUT2D eigenvalue weighted by molar-refractivity contribution is 0.153. The topological polar surface area (TPSA) is 49.8 Å². The Kier molecular flexibility index (Phi) is 5.19. The third-order valence-corrected chi connectivity index (χ3v) is 5.26. The van der Waals surface area contributed by atoms with Crippen LogP contribution in [0, 0.1) is 5.92 Å². The molecular weight excluding hydrogens is 338 g/mol. The summed E-state index contributed by atoms with van der Waals surface area (Å²) in [5, 5.41) is 9.63. The average molecular weight is 360 g/mol. The highest BCUT2D eigenvalue weighted by molar-refractivity contribution is 6.31. The molecule has 0 bridgehead atoms. The van der Waals surface area contributed by atoms with Gasteiger partial charge in [-0.15, -0.1) is 0 Å². The Bertz CT molecular complexity index is 763. The van der Waals surface area contributed by atoms with Gasteiger partial charge in [0.15, 0.2) is 0 Å². The zero-order valence-corrected chi connectivity index (χ0v) is 15.2. The number of benzene rings is 2. The van der Waals surface area contributed by atoms with Crippen LogP contribution in [0.4, 0.5) is 4.79 Å². The summed E-state index contributed by atoms with van der Waals surface area (Å²) >= 11 is 6.41. The fourth-order valence-electron chi connectivity index (χ4n) is 3.28. The van der Waals surface area contributed by atoms with Crippen molar-refractivity contribution in [1.29, 1.82) is 0 Å². The number of amides is 1. The molecule has 2 aromatic carbocycles. The molecule has 5 heteroatoms. The summed E-state index contributed by atoms with van der Waals surface area (Å²) in [5.41, 5.74) is 3.16. The summed E-state index contributed by atoms with van der Waals surface area (Å²) in [6, 6.07) is 14.2. The van der Waals surface area contributed by atoms with E-state index in [0.717, 1.165) is 23.3 Å². The SMILES string of the molecule is C[C@@H]1c2cc(Cl)c(CN(C)C(=O)O)cc2OC[C@@H]1Cc1ccccc1. The Morgan fingerprint density at radius 3 is 2.72 bits per heavy atom. The molecule has 132 valence electrons. The van der Waals surface area contributed by atoms with Crippen molar-refractivity contribution in [2.45, 2.75) is 25.8 Å². The van der Waals surface area contributed by atoms with Crippen LogP contribution in [-0.2, 0) is 13.0 Å². The van der Waals surface area contributed by atoms with Crippen molar-refractivity contribution in [3.63, 3.8) is 0 Å². The van der Waals surface area contributed by atoms with Crippen molar-refractivity contribution < 1.29 is 14.6 Å². The molecule has 1 heterocycles. The van der Waals surface area contributed by atoms with E-state index in [4.69, 9.17) is 21.4 Å². The van der Waals surface area contributed by atoms with E-state index in [1.165, 1.54) is 17.5 Å². The van der Waals surface area contributed by atoms with E-state index in [1.807, 2.05) is 18.2 Å². The molecule has 0 radical (unpaired) electrons. The van der Waals surface area contributed by atoms with Gasteiger partial charge in [0.25, 0.3) is 0 Å². The van der Waals surface area contributed by atoms with E-state index >= 15 is 0 Å². The second kappa shape index (κ2) is 7.36. The lowest BCUT2D eigenvalue weighted by Gasteiger charge is -2.32. The molecule has 1 aliphatic heterocycles. The zero-order chi connectivity index (χ0) is 18.0. The van der Waals surface area contributed by atoms with E-state index in [-0.39, 0.29) is 6.54 Å². The Labute approximate surface area is 153 Å². The predicted octanol–water partition coefficient (Wildman–Crippen LogP) is 4.80. The third kappa shape index (κ3) is 3.90. The predicted molar refractivity (Wildman–Crippen MR) is 98.5 cm³/mol. The van der Waals surface area contributed by atoms with Crippen molar-refractivity contribution in [3.05, 3.63) is 64.2 Å². The molecule has 25 heavy (non-hydrogen) atoms. The van der Waals surface area contributed by atoms with Gasteiger partial charge in [0.2, 0.25) is 0 Å². The molecule has 0 saturated heterocycles. The Balaban J connectivity index is 1.80. The number of halogens is 1. The number of fused-ring (bicyclic) bond motifs is 1. The second-order valence-corrected chi connectivity index (χ2v) is 7.08. The second-order valence-electron chi connectivity index (χ2n) is 6.67. The first-order valence-electron chi connectivity index (χ1n) is 8.38. The Morgan fingerprint density at radius 1 is 1.32 bits per heavy atom. The van der Waals surface area contributed by atoms with Crippen molar-refractivity contribution in [3.8, 4) is 5.75 Å². The van der Waals surface area contributed by atoms with Gasteiger partial charge in [-0.1, -0.05) is 48.9 Å². The van der Waals surface area contributed by atoms with Gasteiger partial charge in [0.05, 0.1) is 13.2 Å². The van der Waals surface area contributed by atoms with Crippen molar-refractivity contribution >= 4 is 17.7 Å². The number of rotatable bonds is 4. The minimum Gasteiger partial charge on any atom is -0.493 e. The van der Waals surface area contributed by atoms with Crippen LogP contribution in [0.25, 0.3) is 0 Å². The molecule has 4 nitrogen and oxygen atoms in total. The summed E-state index contributed by atoms with van der Waals surface area (Å²) in [6.07, 6.45) is -0.0197. The van der Waals surface area contributed by atoms with Gasteiger partial charge < -0.3 is 14.7 Å². The maximum absolute atomic E-state index is 11.0. The fraction of sp³-hybridized carbons (Fsp3) is 0.350. The largest absolute Gasteiger partial charge is 0.493 e. The number of hydrogen-bond acceptors (Lipinski definition) is 2. The van der Waals surface area contributed by atoms with E-state index in [9.17, 15) is 4.79 Å². The van der Waals surface area contributed by atoms with E-state index in [1.54, 1.807) is 0 Å². The molecule has 0 unspecified atom stereocenters. The lowest BCUT2D eigenvalue weighted by Crippen LogP contribution is -2.27. The monoisotopic (exact) mass is 359 g/mol. The molecule has 0 fully saturated rings. The van der Waals surface area contributed by atoms with Crippen LogP contribution in [0.1, 0.15) is 29.5 Å². The van der Waals surface area contributed by atoms with Crippen LogP contribution in [0.3, 0.4) is 0 Å². The van der Waals surface area contributed by atoms with Gasteiger partial charge in [-0.2, -0.15) is 0 Å². The van der Waals surface area contributed by atoms with E-state index in [0.29, 0.717) is 23.5 Å². The first-order valence-corrected chi connectivity index (χ1v) is 8.76. The molecule has 2 aromatic rings. The number of carbonyl (C=O) groups is 1. The lowest BCUT2D eigenvalue weighted by atomic mass is 9.81. The summed E-state index contributed by atoms with van der Waals surface area (Å²) in [4.78, 5) is 12.2. The Hall–Kier alpha value is -2.20. The highest BCUT2D eigenvalue weighted by Crippen LogP contribution is 2.41. The van der Waals surface area contributed by atoms with Gasteiger partial charge in [-0.05, 0) is 41.2 Å². The highest BCUT2D eigenvalue weighted by atomic mass is 35.5. The van der Waals surface area contributed by atoms with Crippen LogP contribution < -0.4 is 4.74 Å². The zero-order valence-electron chi connectivity index (χ0n) is 14.4. The maximum Gasteiger partial charge on any atom is 0.407 e. The smallest absolute Gasteiger partial charge is 0.407 e. The summed E-state index contributed by atoms with van der Waals surface area (Å²) < 4.78 is 5.99. The summed E-state index contributed by atoms with van der Waals surface area (Å²) in [6.45, 7) is 3.10. The first-order chi connectivity index (χ1) is 12.0. The number of ether oxygens (including phenoxy) is 1. The van der Waals surface area contributed by atoms with Crippen LogP contribution in [-0.4, -0.2) is 29.8 Å². The molecule has 1 amide bonds. The normalized spacial score (nSPS) is 19.0. The summed E-state index contributed by atoms with van der Waals surface area (Å²) in [5.74, 6) is 1.53. The number of hydrogen-bond donors (Lipinski definition) is 1. The van der Waals surface area contributed by atoms with Gasteiger partial charge in [-0.3, -0.25) is 0 Å². The van der Waals surface area contributed by atoms with Gasteiger partial charge in [-0.25, -0.2) is 4.79 Å². The fourth-order valence-corrected chi connectivity index (χ4v) is 3.52. The van der Waals surface area contributed by atoms with Crippen LogP contribution in [0.15, 0.2) is 42.5 Å². The summed E-state index contributed by atoms with van der Waals surface area (Å²) in [7, 11) is 1.53. The van der Waals surface area contributed by atoms with Crippen LogP contribution in [0.5, 0.6) is 5.75 Å². The average Bonchev–Trinajstić information content (AvgIpc) is 2.59. The minimum absolute atomic E-state index is 0.243. The minimum atomic E-state index is -0.981. The van der Waals surface area contributed by atoms with Gasteiger partial charge in [0, 0.05) is 18.0 Å². The molecule has 0 aliphatic carbocycles. The Morgan fingerprint density at radius 2 is 2.04 bits per heavy atom. The van der Waals surface area contributed by atoms with E-state index < -0.39 is 6.09 Å². The maximum atomic E-state index is 11.0. The molecule has 0 aromatic heterocycles. The van der Waals surface area contributed by atoms with E-state index in [2.05, 4.69) is 31.2 Å². The van der Waals surface area contributed by atoms with Gasteiger partial charge in [0.1, 0.15) is 5.75 Å². The standard InChI is InChI=1S/C20H22ClNO3/c1-13-16(8-14-6-4-3-5-7-14)12-25-19-9-15(11-22(2)20(23)24)18(21)10-17(13)19/h3-7,9-10,13,16H,8,11-12H2,1-2H3,(H,23,24)/t13-,16-/m0/s1. The van der Waals surface area contributed by atoms with Gasteiger partial charge >= 0.3 is 6.09 Å². The molecule has 3 rings (SSSR count). The molecule has 1 N–H and O–H groups in total. The van der Waals surface area contributed by atoms with Crippen molar-refractivity contribution in [2.24, 2.45) is 5.92 Å². The third-order valence-electron chi connectivity index (χ3n) is 4.90. The number of carboxylic acid groups (broad SMARTS) is 1. The quantitative estimate of drug-likeness (QED) is 0.852. The highest BCUT2D eigenvalue weighted by Gasteiger charge is 2.29. The van der Waals surface area contributed by atoms with Crippen molar-refractivity contribution in [2.75, 3.05) is 13.7 Å². The molecule has 2 atom stereocenters. The molecular formula is C20H22ClNO3. The van der Waals surface area contributed by atoms with Crippen molar-refractivity contribution in [1.82, 2.24) is 4.90 Å². The first kappa shape index (κ1) is 17.6. The van der Waals surface area contributed by atoms with Crippen LogP contribution >= 0.6 is 11.6 Å².